The van der Waals surface area contributed by atoms with Crippen molar-refractivity contribution in [3.8, 4) is 5.69 Å². The van der Waals surface area contributed by atoms with Crippen molar-refractivity contribution in [2.24, 2.45) is 0 Å². The van der Waals surface area contributed by atoms with E-state index in [1.807, 2.05) is 12.1 Å². The second-order valence-electron chi connectivity index (χ2n) is 3.47. The molecule has 0 atom stereocenters. The van der Waals surface area contributed by atoms with Crippen LogP contribution in [0.4, 0.5) is 0 Å². The van der Waals surface area contributed by atoms with Crippen LogP contribution in [0, 0.1) is 6.92 Å². The molecule has 82 valence electrons. The average molecular weight is 236 g/mol. The number of hydrogen-bond donors (Lipinski definition) is 1. The molecule has 3 nitrogen and oxygen atoms in total. The molecule has 0 aliphatic carbocycles. The Morgan fingerprint density at radius 3 is 2.62 bits per heavy atom. The maximum Gasteiger partial charge on any atom is 0.353 e. The quantitative estimate of drug-likeness (QED) is 0.869. The van der Waals surface area contributed by atoms with Crippen molar-refractivity contribution < 1.29 is 9.90 Å². The third-order valence-electron chi connectivity index (χ3n) is 2.40. The van der Waals surface area contributed by atoms with Gasteiger partial charge >= 0.3 is 5.97 Å². The molecule has 0 spiro atoms. The van der Waals surface area contributed by atoms with Crippen molar-refractivity contribution in [2.75, 3.05) is 0 Å². The summed E-state index contributed by atoms with van der Waals surface area (Å²) in [5.41, 5.74) is 1.63. The predicted molar refractivity (Wildman–Crippen MR) is 62.5 cm³/mol. The minimum atomic E-state index is -0.956. The molecule has 0 saturated heterocycles. The first-order chi connectivity index (χ1) is 7.61. The number of aryl methyl sites for hydroxylation is 1. The van der Waals surface area contributed by atoms with E-state index < -0.39 is 5.97 Å². The summed E-state index contributed by atoms with van der Waals surface area (Å²) in [7, 11) is 0. The second kappa shape index (κ2) is 4.02. The Balaban J connectivity index is 2.66. The van der Waals surface area contributed by atoms with Gasteiger partial charge in [-0.25, -0.2) is 4.79 Å². The van der Waals surface area contributed by atoms with E-state index in [0.29, 0.717) is 16.3 Å². The third kappa shape index (κ3) is 1.70. The summed E-state index contributed by atoms with van der Waals surface area (Å²) in [4.78, 5) is 11.1. The molecule has 16 heavy (non-hydrogen) atoms. The predicted octanol–water partition coefficient (Wildman–Crippen LogP) is 3.14. The van der Waals surface area contributed by atoms with Crippen LogP contribution in [0.2, 0.25) is 5.02 Å². The smallest absolute Gasteiger partial charge is 0.353 e. The van der Waals surface area contributed by atoms with Gasteiger partial charge in [-0.1, -0.05) is 23.7 Å². The number of benzene rings is 1. The van der Waals surface area contributed by atoms with Gasteiger partial charge in [-0.2, -0.15) is 0 Å². The van der Waals surface area contributed by atoms with Crippen molar-refractivity contribution in [3.05, 3.63) is 52.8 Å². The van der Waals surface area contributed by atoms with E-state index >= 15 is 0 Å². The Bertz CT molecular complexity index is 546. The topological polar surface area (TPSA) is 42.2 Å². The molecule has 1 aromatic heterocycles. The molecule has 1 heterocycles. The lowest BCUT2D eigenvalue weighted by atomic mass is 10.2. The average Bonchev–Trinajstić information content (AvgIpc) is 2.61. The van der Waals surface area contributed by atoms with Crippen LogP contribution in [0.1, 0.15) is 16.1 Å². The standard InChI is InChI=1S/C12H10ClNO2/c1-8-6-7-14(11(8)12(15)16)10-5-3-2-4-9(10)13/h2-7H,1H3,(H,15,16). The van der Waals surface area contributed by atoms with E-state index in [2.05, 4.69) is 0 Å². The third-order valence-corrected chi connectivity index (χ3v) is 2.72. The Morgan fingerprint density at radius 2 is 2.00 bits per heavy atom. The van der Waals surface area contributed by atoms with Crippen LogP contribution in [-0.4, -0.2) is 15.6 Å². The van der Waals surface area contributed by atoms with Crippen LogP contribution < -0.4 is 0 Å². The van der Waals surface area contributed by atoms with E-state index in [1.54, 1.807) is 35.9 Å². The molecule has 0 aliphatic rings. The van der Waals surface area contributed by atoms with E-state index in [9.17, 15) is 4.79 Å². The molecule has 2 rings (SSSR count). The highest BCUT2D eigenvalue weighted by Crippen LogP contribution is 2.23. The highest BCUT2D eigenvalue weighted by molar-refractivity contribution is 6.32. The fraction of sp³-hybridized carbons (Fsp3) is 0.0833. The van der Waals surface area contributed by atoms with E-state index in [-0.39, 0.29) is 5.69 Å². The van der Waals surface area contributed by atoms with Gasteiger partial charge in [-0.3, -0.25) is 0 Å². The van der Waals surface area contributed by atoms with E-state index in [1.165, 1.54) is 0 Å². The maximum atomic E-state index is 11.1. The zero-order valence-electron chi connectivity index (χ0n) is 8.64. The summed E-state index contributed by atoms with van der Waals surface area (Å²) >= 11 is 6.03. The molecular formula is C12H10ClNO2. The van der Waals surface area contributed by atoms with Gasteiger partial charge in [-0.15, -0.1) is 0 Å². The maximum absolute atomic E-state index is 11.1. The zero-order valence-corrected chi connectivity index (χ0v) is 9.40. The SMILES string of the molecule is Cc1ccn(-c2ccccc2Cl)c1C(=O)O. The van der Waals surface area contributed by atoms with Crippen LogP contribution >= 0.6 is 11.6 Å². The van der Waals surface area contributed by atoms with Gasteiger partial charge in [0.05, 0.1) is 10.7 Å². The van der Waals surface area contributed by atoms with Gasteiger partial charge in [0.15, 0.2) is 0 Å². The molecule has 0 aliphatic heterocycles. The largest absolute Gasteiger partial charge is 0.477 e. The first-order valence-corrected chi connectivity index (χ1v) is 5.15. The Hall–Kier alpha value is -1.74. The number of para-hydroxylation sites is 1. The number of nitrogens with zero attached hydrogens (tertiary/aromatic N) is 1. The first kappa shape index (κ1) is 10.8. The fourth-order valence-corrected chi connectivity index (χ4v) is 1.88. The van der Waals surface area contributed by atoms with Crippen molar-refractivity contribution in [2.45, 2.75) is 6.92 Å². The van der Waals surface area contributed by atoms with Crippen LogP contribution in [-0.2, 0) is 0 Å². The van der Waals surface area contributed by atoms with Crippen LogP contribution in [0.5, 0.6) is 0 Å². The number of carbonyl (C=O) groups is 1. The van der Waals surface area contributed by atoms with Gasteiger partial charge < -0.3 is 9.67 Å². The molecular weight excluding hydrogens is 226 g/mol. The Kier molecular flexibility index (Phi) is 2.71. The lowest BCUT2D eigenvalue weighted by molar-refractivity contribution is 0.0687. The second-order valence-corrected chi connectivity index (χ2v) is 3.88. The van der Waals surface area contributed by atoms with Crippen molar-refractivity contribution >= 4 is 17.6 Å². The number of hydrogen-bond acceptors (Lipinski definition) is 1. The molecule has 4 heteroatoms. The molecule has 0 bridgehead atoms. The highest BCUT2D eigenvalue weighted by atomic mass is 35.5. The number of halogens is 1. The summed E-state index contributed by atoms with van der Waals surface area (Å²) < 4.78 is 1.58. The molecule has 1 aromatic carbocycles. The van der Waals surface area contributed by atoms with Gasteiger partial charge in [-0.05, 0) is 30.7 Å². The van der Waals surface area contributed by atoms with Gasteiger partial charge in [0.2, 0.25) is 0 Å². The summed E-state index contributed by atoms with van der Waals surface area (Å²) in [6.07, 6.45) is 1.71. The zero-order chi connectivity index (χ0) is 11.7. The van der Waals surface area contributed by atoms with E-state index in [0.717, 1.165) is 0 Å². The lowest BCUT2D eigenvalue weighted by Gasteiger charge is -2.08. The number of carboxylic acid groups (broad SMARTS) is 1. The monoisotopic (exact) mass is 235 g/mol. The molecule has 0 radical (unpaired) electrons. The summed E-state index contributed by atoms with van der Waals surface area (Å²) in [5.74, 6) is -0.956. The van der Waals surface area contributed by atoms with Crippen LogP contribution in [0.25, 0.3) is 5.69 Å². The molecule has 2 aromatic rings. The molecule has 0 amide bonds. The summed E-state index contributed by atoms with van der Waals surface area (Å²) in [5, 5.41) is 9.65. The molecule has 1 N–H and O–H groups in total. The van der Waals surface area contributed by atoms with Gasteiger partial charge in [0, 0.05) is 6.20 Å². The summed E-state index contributed by atoms with van der Waals surface area (Å²) in [6.45, 7) is 1.76. The lowest BCUT2D eigenvalue weighted by Crippen LogP contribution is -2.07. The van der Waals surface area contributed by atoms with Gasteiger partial charge in [0.1, 0.15) is 5.69 Å². The Morgan fingerprint density at radius 1 is 1.31 bits per heavy atom. The highest BCUT2D eigenvalue weighted by Gasteiger charge is 2.15. The number of carboxylic acids is 1. The fourth-order valence-electron chi connectivity index (χ4n) is 1.65. The van der Waals surface area contributed by atoms with Crippen LogP contribution in [0.3, 0.4) is 0 Å². The minimum Gasteiger partial charge on any atom is -0.477 e. The number of rotatable bonds is 2. The number of aromatic carboxylic acids is 1. The molecule has 0 fully saturated rings. The molecule has 0 saturated carbocycles. The minimum absolute atomic E-state index is 0.244. The molecule has 0 unspecified atom stereocenters. The van der Waals surface area contributed by atoms with E-state index in [4.69, 9.17) is 16.7 Å². The van der Waals surface area contributed by atoms with Gasteiger partial charge in [0.25, 0.3) is 0 Å². The van der Waals surface area contributed by atoms with Crippen molar-refractivity contribution in [3.63, 3.8) is 0 Å². The Labute approximate surface area is 97.9 Å². The van der Waals surface area contributed by atoms with Crippen LogP contribution in [0.15, 0.2) is 36.5 Å². The normalized spacial score (nSPS) is 10.4. The first-order valence-electron chi connectivity index (χ1n) is 4.77. The van der Waals surface area contributed by atoms with Crippen molar-refractivity contribution in [1.29, 1.82) is 0 Å². The van der Waals surface area contributed by atoms with Crippen molar-refractivity contribution in [1.82, 2.24) is 4.57 Å². The number of aromatic nitrogens is 1. The summed E-state index contributed by atoms with van der Waals surface area (Å²) in [6, 6.07) is 8.91.